The third kappa shape index (κ3) is 6.39. The second-order valence-corrected chi connectivity index (χ2v) is 4.39. The highest BCUT2D eigenvalue weighted by molar-refractivity contribution is 7.80. The van der Waals surface area contributed by atoms with E-state index < -0.39 is 24.0 Å². The minimum atomic E-state index is -0.997. The molecule has 0 aromatic carbocycles. The van der Waals surface area contributed by atoms with Gasteiger partial charge in [0.15, 0.2) is 5.11 Å². The van der Waals surface area contributed by atoms with Crippen LogP contribution in [0.2, 0.25) is 0 Å². The molecule has 0 spiro atoms. The van der Waals surface area contributed by atoms with Gasteiger partial charge >= 0.3 is 11.9 Å². The van der Waals surface area contributed by atoms with E-state index in [1.807, 2.05) is 13.8 Å². The molecule has 0 aliphatic carbocycles. The summed E-state index contributed by atoms with van der Waals surface area (Å²) in [6.45, 7) is 3.73. The average molecular weight is 276 g/mol. The molecule has 2 atom stereocenters. The van der Waals surface area contributed by atoms with E-state index in [0.29, 0.717) is 25.7 Å². The van der Waals surface area contributed by atoms with Crippen LogP contribution in [0.4, 0.5) is 0 Å². The summed E-state index contributed by atoms with van der Waals surface area (Å²) in [6.07, 6.45) is 2.26. The van der Waals surface area contributed by atoms with Crippen LogP contribution in [-0.2, 0) is 9.59 Å². The highest BCUT2D eigenvalue weighted by atomic mass is 32.1. The smallest absolute Gasteiger partial charge is 0.326 e. The number of carboxylic acids is 2. The summed E-state index contributed by atoms with van der Waals surface area (Å²) in [7, 11) is 0. The van der Waals surface area contributed by atoms with E-state index in [1.165, 1.54) is 0 Å². The Hall–Kier alpha value is -1.37. The SMILES string of the molecule is CCC[C@H](NC(=S)N[C@@H](CCC)C(=O)O)C(=O)O. The van der Waals surface area contributed by atoms with Crippen molar-refractivity contribution in [2.75, 3.05) is 0 Å². The Bertz CT molecular complexity index is 281. The van der Waals surface area contributed by atoms with Crippen molar-refractivity contribution in [3.8, 4) is 0 Å². The Morgan fingerprint density at radius 1 is 1.00 bits per heavy atom. The molecule has 0 aromatic rings. The van der Waals surface area contributed by atoms with Gasteiger partial charge in [-0.1, -0.05) is 26.7 Å². The molecule has 0 fully saturated rings. The molecule has 7 heteroatoms. The van der Waals surface area contributed by atoms with Crippen molar-refractivity contribution in [2.45, 2.75) is 51.6 Å². The van der Waals surface area contributed by atoms with E-state index in [1.54, 1.807) is 0 Å². The van der Waals surface area contributed by atoms with Crippen molar-refractivity contribution in [3.63, 3.8) is 0 Å². The summed E-state index contributed by atoms with van der Waals surface area (Å²) in [5.74, 6) is -1.99. The van der Waals surface area contributed by atoms with E-state index in [-0.39, 0.29) is 5.11 Å². The fourth-order valence-electron chi connectivity index (χ4n) is 1.45. The zero-order valence-corrected chi connectivity index (χ0v) is 11.4. The van der Waals surface area contributed by atoms with Gasteiger partial charge in [0, 0.05) is 0 Å². The van der Waals surface area contributed by atoms with Gasteiger partial charge in [0.25, 0.3) is 0 Å². The topological polar surface area (TPSA) is 98.7 Å². The second-order valence-electron chi connectivity index (χ2n) is 3.98. The maximum atomic E-state index is 10.9. The van der Waals surface area contributed by atoms with Gasteiger partial charge < -0.3 is 20.8 Å². The van der Waals surface area contributed by atoms with Crippen molar-refractivity contribution < 1.29 is 19.8 Å². The van der Waals surface area contributed by atoms with Crippen LogP contribution in [0.1, 0.15) is 39.5 Å². The Morgan fingerprint density at radius 2 is 1.33 bits per heavy atom. The molecule has 0 unspecified atom stereocenters. The number of nitrogens with one attached hydrogen (secondary N) is 2. The van der Waals surface area contributed by atoms with Crippen molar-refractivity contribution in [1.29, 1.82) is 0 Å². The number of thiocarbonyl (C=S) groups is 1. The molecule has 0 amide bonds. The highest BCUT2D eigenvalue weighted by Crippen LogP contribution is 1.99. The molecule has 0 saturated carbocycles. The Morgan fingerprint density at radius 3 is 1.56 bits per heavy atom. The molecule has 0 aliphatic rings. The molecule has 0 aliphatic heterocycles. The van der Waals surface area contributed by atoms with Gasteiger partial charge in [0.2, 0.25) is 0 Å². The highest BCUT2D eigenvalue weighted by Gasteiger charge is 2.21. The number of hydrogen-bond acceptors (Lipinski definition) is 3. The summed E-state index contributed by atoms with van der Waals surface area (Å²) < 4.78 is 0. The number of carbonyl (C=O) groups is 2. The molecule has 0 radical (unpaired) electrons. The summed E-state index contributed by atoms with van der Waals surface area (Å²) in [5.41, 5.74) is 0. The average Bonchev–Trinajstić information content (AvgIpc) is 2.27. The minimum Gasteiger partial charge on any atom is -0.480 e. The van der Waals surface area contributed by atoms with Crippen LogP contribution < -0.4 is 10.6 Å². The van der Waals surface area contributed by atoms with Crippen molar-refractivity contribution >= 4 is 29.3 Å². The van der Waals surface area contributed by atoms with Crippen LogP contribution >= 0.6 is 12.2 Å². The normalized spacial score (nSPS) is 13.4. The monoisotopic (exact) mass is 276 g/mol. The van der Waals surface area contributed by atoms with Crippen molar-refractivity contribution in [2.24, 2.45) is 0 Å². The summed E-state index contributed by atoms with van der Waals surface area (Å²) in [6, 6.07) is -1.57. The predicted octanol–water partition coefficient (Wildman–Crippen LogP) is 0.957. The minimum absolute atomic E-state index is 0.0664. The van der Waals surface area contributed by atoms with Gasteiger partial charge in [0.05, 0.1) is 0 Å². The third-order valence-corrected chi connectivity index (χ3v) is 2.60. The lowest BCUT2D eigenvalue weighted by Gasteiger charge is -2.20. The molecule has 18 heavy (non-hydrogen) atoms. The van der Waals surface area contributed by atoms with Gasteiger partial charge in [0.1, 0.15) is 12.1 Å². The first-order valence-corrected chi connectivity index (χ1v) is 6.35. The summed E-state index contributed by atoms with van der Waals surface area (Å²) in [5, 5.41) is 23.2. The molecule has 104 valence electrons. The maximum absolute atomic E-state index is 10.9. The predicted molar refractivity (Wildman–Crippen MR) is 71.5 cm³/mol. The van der Waals surface area contributed by atoms with Gasteiger partial charge in [-0.2, -0.15) is 0 Å². The quantitative estimate of drug-likeness (QED) is 0.490. The van der Waals surface area contributed by atoms with E-state index in [2.05, 4.69) is 10.6 Å². The lowest BCUT2D eigenvalue weighted by atomic mass is 10.1. The van der Waals surface area contributed by atoms with Crippen molar-refractivity contribution in [3.05, 3.63) is 0 Å². The van der Waals surface area contributed by atoms with Crippen LogP contribution in [0, 0.1) is 0 Å². The number of hydrogen-bond donors (Lipinski definition) is 4. The van der Waals surface area contributed by atoms with Crippen LogP contribution in [-0.4, -0.2) is 39.3 Å². The first kappa shape index (κ1) is 16.6. The lowest BCUT2D eigenvalue weighted by molar-refractivity contribution is -0.139. The molecule has 4 N–H and O–H groups in total. The molecule has 6 nitrogen and oxygen atoms in total. The molecule has 0 aromatic heterocycles. The molecular formula is C11H20N2O4S. The fourth-order valence-corrected chi connectivity index (χ4v) is 1.73. The van der Waals surface area contributed by atoms with Gasteiger partial charge in [-0.15, -0.1) is 0 Å². The van der Waals surface area contributed by atoms with Gasteiger partial charge in [-0.05, 0) is 25.1 Å². The Labute approximate surface area is 112 Å². The van der Waals surface area contributed by atoms with Gasteiger partial charge in [-0.3, -0.25) is 0 Å². The fraction of sp³-hybridized carbons (Fsp3) is 0.727. The maximum Gasteiger partial charge on any atom is 0.326 e. The number of carboxylic acid groups (broad SMARTS) is 2. The Kier molecular flexibility index (Phi) is 8.02. The molecular weight excluding hydrogens is 256 g/mol. The summed E-state index contributed by atoms with van der Waals surface area (Å²) in [4.78, 5) is 21.8. The van der Waals surface area contributed by atoms with E-state index in [4.69, 9.17) is 22.4 Å². The lowest BCUT2D eigenvalue weighted by Crippen LogP contribution is -2.50. The second kappa shape index (κ2) is 8.68. The van der Waals surface area contributed by atoms with Crippen LogP contribution in [0.5, 0.6) is 0 Å². The van der Waals surface area contributed by atoms with Crippen LogP contribution in [0.3, 0.4) is 0 Å². The third-order valence-electron chi connectivity index (χ3n) is 2.36. The van der Waals surface area contributed by atoms with E-state index in [9.17, 15) is 9.59 Å². The number of rotatable bonds is 8. The zero-order chi connectivity index (χ0) is 14.1. The van der Waals surface area contributed by atoms with E-state index in [0.717, 1.165) is 0 Å². The standard InChI is InChI=1S/C11H20N2O4S/c1-3-5-7(9(14)15)12-11(18)13-8(6-4-2)10(16)17/h7-8H,3-6H2,1-2H3,(H,14,15)(H,16,17)(H2,12,13,18)/t7-,8-/m0/s1. The zero-order valence-electron chi connectivity index (χ0n) is 10.6. The first-order chi connectivity index (χ1) is 8.42. The van der Waals surface area contributed by atoms with Crippen LogP contribution in [0.25, 0.3) is 0 Å². The van der Waals surface area contributed by atoms with Gasteiger partial charge in [-0.25, -0.2) is 9.59 Å². The largest absolute Gasteiger partial charge is 0.480 e. The molecule has 0 saturated heterocycles. The Balaban J connectivity index is 4.37. The molecule has 0 rings (SSSR count). The van der Waals surface area contributed by atoms with E-state index >= 15 is 0 Å². The molecule has 0 heterocycles. The number of aliphatic carboxylic acids is 2. The van der Waals surface area contributed by atoms with Crippen molar-refractivity contribution in [1.82, 2.24) is 10.6 Å². The summed E-state index contributed by atoms with van der Waals surface area (Å²) >= 11 is 4.92. The van der Waals surface area contributed by atoms with Crippen LogP contribution in [0.15, 0.2) is 0 Å². The first-order valence-electron chi connectivity index (χ1n) is 5.94. The molecule has 0 bridgehead atoms.